The van der Waals surface area contributed by atoms with Crippen LogP contribution in [0.4, 0.5) is 5.69 Å². The maximum Gasteiger partial charge on any atom is 0.224 e. The molecule has 2 aliphatic heterocycles. The molecule has 1 unspecified atom stereocenters. The van der Waals surface area contributed by atoms with Crippen molar-refractivity contribution in [3.63, 3.8) is 0 Å². The zero-order valence-corrected chi connectivity index (χ0v) is 16.1. The molecule has 0 aliphatic carbocycles. The number of likely N-dealkylation sites (N-methyl/N-ethyl adjacent to an activating group) is 1. The first-order valence-electron chi connectivity index (χ1n) is 9.67. The number of methoxy groups -OCH3 is 1. The van der Waals surface area contributed by atoms with E-state index in [1.165, 1.54) is 12.0 Å². The highest BCUT2D eigenvalue weighted by molar-refractivity contribution is 5.86. The molecule has 144 valence electrons. The van der Waals surface area contributed by atoms with E-state index >= 15 is 0 Å². The normalized spacial score (nSPS) is 21.7. The second kappa shape index (κ2) is 7.68. The minimum Gasteiger partial charge on any atom is -0.480 e. The minimum absolute atomic E-state index is 0.289. The molecule has 7 heteroatoms. The molecule has 1 aromatic heterocycles. The number of rotatable bonds is 4. The number of carbonyl (C=O) groups is 1. The molecular weight excluding hydrogens is 342 g/mol. The molecule has 1 aromatic carbocycles. The molecule has 1 amide bonds. The van der Waals surface area contributed by atoms with Crippen LogP contribution in [-0.2, 0) is 4.79 Å². The van der Waals surface area contributed by atoms with Crippen molar-refractivity contribution in [2.24, 2.45) is 0 Å². The fourth-order valence-corrected chi connectivity index (χ4v) is 4.14. The van der Waals surface area contributed by atoms with E-state index in [0.29, 0.717) is 18.3 Å². The topological polar surface area (TPSA) is 61.8 Å². The third-order valence-corrected chi connectivity index (χ3v) is 5.85. The summed E-state index contributed by atoms with van der Waals surface area (Å²) < 4.78 is 5.38. The summed E-state index contributed by atoms with van der Waals surface area (Å²) in [5.74, 6) is 0.905. The molecule has 2 aromatic rings. The quantitative estimate of drug-likeness (QED) is 0.819. The average molecular weight is 369 g/mol. The Hall–Kier alpha value is -2.41. The van der Waals surface area contributed by atoms with Crippen LogP contribution in [0, 0.1) is 0 Å². The maximum absolute atomic E-state index is 11.9. The number of ether oxygens (including phenoxy) is 1. The third-order valence-electron chi connectivity index (χ3n) is 5.85. The van der Waals surface area contributed by atoms with Crippen molar-refractivity contribution in [2.45, 2.75) is 25.3 Å². The minimum atomic E-state index is 0.289. The SMILES string of the molecule is COc1ncnc2ccc(N3CCN(CC4CCCC(=O)N4C)CC3)cc12. The largest absolute Gasteiger partial charge is 0.480 e. The lowest BCUT2D eigenvalue weighted by atomic mass is 10.0. The zero-order chi connectivity index (χ0) is 18.8. The van der Waals surface area contributed by atoms with Crippen LogP contribution in [0.5, 0.6) is 5.88 Å². The highest BCUT2D eigenvalue weighted by atomic mass is 16.5. The molecule has 3 heterocycles. The molecule has 0 N–H and O–H groups in total. The molecule has 0 bridgehead atoms. The number of amides is 1. The van der Waals surface area contributed by atoms with Gasteiger partial charge in [0.2, 0.25) is 11.8 Å². The highest BCUT2D eigenvalue weighted by Crippen LogP contribution is 2.27. The smallest absolute Gasteiger partial charge is 0.224 e. The Morgan fingerprint density at radius 3 is 2.78 bits per heavy atom. The van der Waals surface area contributed by atoms with Crippen molar-refractivity contribution >= 4 is 22.5 Å². The van der Waals surface area contributed by atoms with Gasteiger partial charge in [-0.25, -0.2) is 9.97 Å². The molecule has 4 rings (SSSR count). The van der Waals surface area contributed by atoms with Gasteiger partial charge in [0, 0.05) is 57.9 Å². The van der Waals surface area contributed by atoms with Crippen molar-refractivity contribution in [1.29, 1.82) is 0 Å². The number of hydrogen-bond acceptors (Lipinski definition) is 6. The lowest BCUT2D eigenvalue weighted by Crippen LogP contribution is -2.52. The van der Waals surface area contributed by atoms with Gasteiger partial charge in [0.1, 0.15) is 6.33 Å². The lowest BCUT2D eigenvalue weighted by Gasteiger charge is -2.40. The van der Waals surface area contributed by atoms with Crippen molar-refractivity contribution in [3.05, 3.63) is 24.5 Å². The predicted octanol–water partition coefficient (Wildman–Crippen LogP) is 1.77. The van der Waals surface area contributed by atoms with Crippen LogP contribution in [0.15, 0.2) is 24.5 Å². The van der Waals surface area contributed by atoms with Gasteiger partial charge in [-0.2, -0.15) is 0 Å². The number of piperazine rings is 1. The van der Waals surface area contributed by atoms with Crippen molar-refractivity contribution < 1.29 is 9.53 Å². The van der Waals surface area contributed by atoms with Crippen LogP contribution in [0.3, 0.4) is 0 Å². The summed E-state index contributed by atoms with van der Waals surface area (Å²) in [6.45, 7) is 4.96. The first-order chi connectivity index (χ1) is 13.2. The van der Waals surface area contributed by atoms with Crippen LogP contribution in [0.25, 0.3) is 10.9 Å². The van der Waals surface area contributed by atoms with Crippen molar-refractivity contribution in [2.75, 3.05) is 51.8 Å². The number of fused-ring (bicyclic) bond motifs is 1. The molecule has 2 aliphatic rings. The molecule has 27 heavy (non-hydrogen) atoms. The Bertz CT molecular complexity index is 819. The number of anilines is 1. The first kappa shape index (κ1) is 18.0. The number of hydrogen-bond donors (Lipinski definition) is 0. The summed E-state index contributed by atoms with van der Waals surface area (Å²) in [5.41, 5.74) is 2.08. The summed E-state index contributed by atoms with van der Waals surface area (Å²) in [5, 5.41) is 0.947. The molecular formula is C20H27N5O2. The first-order valence-corrected chi connectivity index (χ1v) is 9.67. The number of likely N-dealkylation sites (tertiary alicyclic amines) is 1. The molecule has 0 spiro atoms. The molecule has 0 radical (unpaired) electrons. The standard InChI is InChI=1S/C20H27N5O2/c1-23-16(4-3-5-19(23)26)13-24-8-10-25(11-9-24)15-6-7-18-17(12-15)20(27-2)22-14-21-18/h6-7,12,14,16H,3-5,8-11,13H2,1-2H3. The molecule has 7 nitrogen and oxygen atoms in total. The summed E-state index contributed by atoms with van der Waals surface area (Å²) in [7, 11) is 3.59. The van der Waals surface area contributed by atoms with E-state index in [1.54, 1.807) is 7.11 Å². The lowest BCUT2D eigenvalue weighted by molar-refractivity contribution is -0.135. The van der Waals surface area contributed by atoms with Crippen LogP contribution < -0.4 is 9.64 Å². The van der Waals surface area contributed by atoms with Crippen LogP contribution in [0.2, 0.25) is 0 Å². The van der Waals surface area contributed by atoms with E-state index in [0.717, 1.165) is 56.5 Å². The Morgan fingerprint density at radius 1 is 1.19 bits per heavy atom. The number of carbonyl (C=O) groups excluding carboxylic acids is 1. The Labute approximate surface area is 159 Å². The van der Waals surface area contributed by atoms with Crippen LogP contribution >= 0.6 is 0 Å². The van der Waals surface area contributed by atoms with Crippen molar-refractivity contribution in [3.8, 4) is 5.88 Å². The van der Waals surface area contributed by atoms with E-state index in [4.69, 9.17) is 4.74 Å². The van der Waals surface area contributed by atoms with E-state index in [-0.39, 0.29) is 5.91 Å². The van der Waals surface area contributed by atoms with Crippen molar-refractivity contribution in [1.82, 2.24) is 19.8 Å². The van der Waals surface area contributed by atoms with E-state index in [9.17, 15) is 4.79 Å². The summed E-state index contributed by atoms with van der Waals surface area (Å²) >= 11 is 0. The Balaban J connectivity index is 1.40. The predicted molar refractivity (Wildman–Crippen MR) is 105 cm³/mol. The summed E-state index contributed by atoms with van der Waals surface area (Å²) in [6, 6.07) is 6.64. The number of benzene rings is 1. The second-order valence-corrected chi connectivity index (χ2v) is 7.42. The molecule has 2 fully saturated rings. The van der Waals surface area contributed by atoms with Gasteiger partial charge in [-0.05, 0) is 31.0 Å². The van der Waals surface area contributed by atoms with E-state index in [1.807, 2.05) is 18.0 Å². The highest BCUT2D eigenvalue weighted by Gasteiger charge is 2.28. The van der Waals surface area contributed by atoms with Gasteiger partial charge in [0.05, 0.1) is 18.0 Å². The number of piperidine rings is 1. The van der Waals surface area contributed by atoms with Gasteiger partial charge in [-0.1, -0.05) is 0 Å². The molecule has 2 saturated heterocycles. The van der Waals surface area contributed by atoms with E-state index in [2.05, 4.69) is 31.9 Å². The summed E-state index contributed by atoms with van der Waals surface area (Å²) in [6.07, 6.45) is 4.38. The average Bonchev–Trinajstić information content (AvgIpc) is 2.71. The fraction of sp³-hybridized carbons (Fsp3) is 0.550. The zero-order valence-electron chi connectivity index (χ0n) is 16.1. The van der Waals surface area contributed by atoms with Gasteiger partial charge in [-0.15, -0.1) is 0 Å². The third kappa shape index (κ3) is 3.69. The van der Waals surface area contributed by atoms with Crippen LogP contribution in [-0.4, -0.2) is 78.6 Å². The van der Waals surface area contributed by atoms with Crippen LogP contribution in [0.1, 0.15) is 19.3 Å². The van der Waals surface area contributed by atoms with Gasteiger partial charge in [0.25, 0.3) is 0 Å². The fourth-order valence-electron chi connectivity index (χ4n) is 4.14. The molecule has 0 saturated carbocycles. The Morgan fingerprint density at radius 2 is 2.00 bits per heavy atom. The summed E-state index contributed by atoms with van der Waals surface area (Å²) in [4.78, 5) is 27.3. The van der Waals surface area contributed by atoms with Gasteiger partial charge in [0.15, 0.2) is 0 Å². The molecule has 1 atom stereocenters. The van der Waals surface area contributed by atoms with Gasteiger partial charge in [-0.3, -0.25) is 9.69 Å². The Kier molecular flexibility index (Phi) is 5.11. The number of nitrogens with zero attached hydrogens (tertiary/aromatic N) is 5. The van der Waals surface area contributed by atoms with Gasteiger partial charge >= 0.3 is 0 Å². The van der Waals surface area contributed by atoms with Gasteiger partial charge < -0.3 is 14.5 Å². The maximum atomic E-state index is 11.9. The number of aromatic nitrogens is 2. The second-order valence-electron chi connectivity index (χ2n) is 7.42. The van der Waals surface area contributed by atoms with E-state index < -0.39 is 0 Å². The monoisotopic (exact) mass is 369 g/mol.